The average Bonchev–Trinajstić information content (AvgIpc) is 2.47. The van der Waals surface area contributed by atoms with Gasteiger partial charge in [-0.15, -0.1) is 0 Å². The fourth-order valence-corrected chi connectivity index (χ4v) is 1.62. The minimum absolute atomic E-state index is 0.912. The van der Waals surface area contributed by atoms with E-state index in [4.69, 9.17) is 4.42 Å². The summed E-state index contributed by atoms with van der Waals surface area (Å²) in [6, 6.07) is 0. The molecule has 1 aliphatic rings. The van der Waals surface area contributed by atoms with Crippen LogP contribution in [-0.4, -0.2) is 6.54 Å². The van der Waals surface area contributed by atoms with Crippen LogP contribution in [0.15, 0.2) is 10.7 Å². The highest BCUT2D eigenvalue weighted by Crippen LogP contribution is 2.20. The Bertz CT molecular complexity index is 239. The van der Waals surface area contributed by atoms with Gasteiger partial charge in [0, 0.05) is 0 Å². The second-order valence-corrected chi connectivity index (χ2v) is 2.94. The molecule has 1 aromatic rings. The Morgan fingerprint density at radius 1 is 1.64 bits per heavy atom. The Morgan fingerprint density at radius 2 is 2.55 bits per heavy atom. The van der Waals surface area contributed by atoms with Crippen molar-refractivity contribution < 1.29 is 4.42 Å². The molecule has 0 aromatic carbocycles. The SMILES string of the molecule is CCc1coc2c1CCNC2. The van der Waals surface area contributed by atoms with Crippen LogP contribution in [0.25, 0.3) is 0 Å². The summed E-state index contributed by atoms with van der Waals surface area (Å²) in [5, 5.41) is 3.28. The lowest BCUT2D eigenvalue weighted by Gasteiger charge is -2.11. The van der Waals surface area contributed by atoms with Crippen molar-refractivity contribution >= 4 is 0 Å². The van der Waals surface area contributed by atoms with Crippen molar-refractivity contribution in [2.45, 2.75) is 26.3 Å². The minimum Gasteiger partial charge on any atom is -0.467 e. The number of hydrogen-bond acceptors (Lipinski definition) is 2. The summed E-state index contributed by atoms with van der Waals surface area (Å²) in [5.41, 5.74) is 2.84. The number of aryl methyl sites for hydroxylation is 1. The molecule has 11 heavy (non-hydrogen) atoms. The molecule has 0 spiro atoms. The number of furan rings is 1. The van der Waals surface area contributed by atoms with Crippen LogP contribution in [0.4, 0.5) is 0 Å². The lowest BCUT2D eigenvalue weighted by atomic mass is 10.0. The minimum atomic E-state index is 0.912. The van der Waals surface area contributed by atoms with E-state index >= 15 is 0 Å². The molecule has 0 atom stereocenters. The van der Waals surface area contributed by atoms with E-state index in [1.54, 1.807) is 0 Å². The number of hydrogen-bond donors (Lipinski definition) is 1. The second-order valence-electron chi connectivity index (χ2n) is 2.94. The maximum absolute atomic E-state index is 5.42. The zero-order chi connectivity index (χ0) is 7.68. The van der Waals surface area contributed by atoms with Crippen molar-refractivity contribution in [2.75, 3.05) is 6.54 Å². The van der Waals surface area contributed by atoms with E-state index in [0.717, 1.165) is 31.7 Å². The Morgan fingerprint density at radius 3 is 3.36 bits per heavy atom. The third-order valence-electron chi connectivity index (χ3n) is 2.29. The highest BCUT2D eigenvalue weighted by Gasteiger charge is 2.14. The van der Waals surface area contributed by atoms with Crippen LogP contribution in [0.2, 0.25) is 0 Å². The van der Waals surface area contributed by atoms with Crippen molar-refractivity contribution in [1.29, 1.82) is 0 Å². The van der Waals surface area contributed by atoms with Gasteiger partial charge in [-0.25, -0.2) is 0 Å². The standard InChI is InChI=1S/C9H13NO/c1-2-7-6-11-9-5-10-4-3-8(7)9/h6,10H,2-5H2,1H3. The van der Waals surface area contributed by atoms with Crippen molar-refractivity contribution in [1.82, 2.24) is 5.32 Å². The van der Waals surface area contributed by atoms with Gasteiger partial charge >= 0.3 is 0 Å². The molecule has 2 rings (SSSR count). The van der Waals surface area contributed by atoms with Crippen molar-refractivity contribution in [3.63, 3.8) is 0 Å². The van der Waals surface area contributed by atoms with E-state index in [1.165, 1.54) is 11.1 Å². The Balaban J connectivity index is 2.38. The molecule has 1 aromatic heterocycles. The fraction of sp³-hybridized carbons (Fsp3) is 0.556. The molecule has 0 fully saturated rings. The van der Waals surface area contributed by atoms with Gasteiger partial charge < -0.3 is 9.73 Å². The van der Waals surface area contributed by atoms with E-state index < -0.39 is 0 Å². The first kappa shape index (κ1) is 6.92. The summed E-state index contributed by atoms with van der Waals surface area (Å²) in [5.74, 6) is 1.15. The smallest absolute Gasteiger partial charge is 0.121 e. The van der Waals surface area contributed by atoms with Crippen molar-refractivity contribution in [3.05, 3.63) is 23.2 Å². The Hall–Kier alpha value is -0.760. The third kappa shape index (κ3) is 1.07. The predicted molar refractivity (Wildman–Crippen MR) is 43.5 cm³/mol. The average molecular weight is 151 g/mol. The molecule has 0 saturated carbocycles. The monoisotopic (exact) mass is 151 g/mol. The van der Waals surface area contributed by atoms with Gasteiger partial charge in [-0.2, -0.15) is 0 Å². The number of nitrogens with one attached hydrogen (secondary N) is 1. The summed E-state index contributed by atoms with van der Waals surface area (Å²) < 4.78 is 5.42. The van der Waals surface area contributed by atoms with E-state index in [1.807, 2.05) is 6.26 Å². The lowest BCUT2D eigenvalue weighted by Crippen LogP contribution is -2.22. The van der Waals surface area contributed by atoms with Gasteiger partial charge in [0.05, 0.1) is 12.8 Å². The molecule has 60 valence electrons. The third-order valence-corrected chi connectivity index (χ3v) is 2.29. The molecule has 2 heterocycles. The van der Waals surface area contributed by atoms with Crippen LogP contribution in [0.1, 0.15) is 23.8 Å². The number of fused-ring (bicyclic) bond motifs is 1. The van der Waals surface area contributed by atoms with Crippen LogP contribution in [0.5, 0.6) is 0 Å². The van der Waals surface area contributed by atoms with E-state index in [9.17, 15) is 0 Å². The van der Waals surface area contributed by atoms with Crippen LogP contribution >= 0.6 is 0 Å². The predicted octanol–water partition coefficient (Wildman–Crippen LogP) is 1.49. The highest BCUT2D eigenvalue weighted by molar-refractivity contribution is 5.29. The molecular weight excluding hydrogens is 138 g/mol. The van der Waals surface area contributed by atoms with Crippen LogP contribution < -0.4 is 5.32 Å². The van der Waals surface area contributed by atoms with Gasteiger partial charge in [0.25, 0.3) is 0 Å². The summed E-state index contributed by atoms with van der Waals surface area (Å²) >= 11 is 0. The summed E-state index contributed by atoms with van der Waals surface area (Å²) in [6.45, 7) is 4.18. The second kappa shape index (κ2) is 2.70. The van der Waals surface area contributed by atoms with Gasteiger partial charge in [-0.1, -0.05) is 6.92 Å². The molecule has 0 radical (unpaired) electrons. The fourth-order valence-electron chi connectivity index (χ4n) is 1.62. The zero-order valence-corrected chi connectivity index (χ0v) is 6.81. The molecule has 1 N–H and O–H groups in total. The first-order valence-electron chi connectivity index (χ1n) is 4.20. The zero-order valence-electron chi connectivity index (χ0n) is 6.81. The summed E-state index contributed by atoms with van der Waals surface area (Å²) in [7, 11) is 0. The van der Waals surface area contributed by atoms with Crippen LogP contribution in [0.3, 0.4) is 0 Å². The van der Waals surface area contributed by atoms with Crippen molar-refractivity contribution in [3.8, 4) is 0 Å². The Labute approximate surface area is 66.6 Å². The van der Waals surface area contributed by atoms with Crippen molar-refractivity contribution in [2.24, 2.45) is 0 Å². The van der Waals surface area contributed by atoms with E-state index in [0.29, 0.717) is 0 Å². The van der Waals surface area contributed by atoms with Gasteiger partial charge in [-0.05, 0) is 30.5 Å². The molecule has 2 heteroatoms. The molecule has 1 aliphatic heterocycles. The van der Waals surface area contributed by atoms with Gasteiger partial charge in [0.2, 0.25) is 0 Å². The maximum atomic E-state index is 5.42. The molecule has 0 unspecified atom stereocenters. The quantitative estimate of drug-likeness (QED) is 0.657. The molecule has 2 nitrogen and oxygen atoms in total. The topological polar surface area (TPSA) is 25.2 Å². The maximum Gasteiger partial charge on any atom is 0.121 e. The van der Waals surface area contributed by atoms with Gasteiger partial charge in [0.1, 0.15) is 5.76 Å². The molecular formula is C9H13NO. The molecule has 0 saturated heterocycles. The highest BCUT2D eigenvalue weighted by atomic mass is 16.3. The van der Waals surface area contributed by atoms with E-state index in [-0.39, 0.29) is 0 Å². The largest absolute Gasteiger partial charge is 0.467 e. The lowest BCUT2D eigenvalue weighted by molar-refractivity contribution is 0.463. The molecule has 0 bridgehead atoms. The summed E-state index contributed by atoms with van der Waals surface area (Å²) in [6.07, 6.45) is 4.13. The normalized spacial score (nSPS) is 16.5. The first-order chi connectivity index (χ1) is 5.42. The Kier molecular flexibility index (Phi) is 1.70. The van der Waals surface area contributed by atoms with E-state index in [2.05, 4.69) is 12.2 Å². The summed E-state index contributed by atoms with van der Waals surface area (Å²) in [4.78, 5) is 0. The molecule has 0 aliphatic carbocycles. The van der Waals surface area contributed by atoms with Gasteiger partial charge in [0.15, 0.2) is 0 Å². The van der Waals surface area contributed by atoms with Crippen LogP contribution in [-0.2, 0) is 19.4 Å². The van der Waals surface area contributed by atoms with Gasteiger partial charge in [-0.3, -0.25) is 0 Å². The molecule has 0 amide bonds. The number of rotatable bonds is 1. The van der Waals surface area contributed by atoms with Crippen LogP contribution in [0, 0.1) is 0 Å². The first-order valence-corrected chi connectivity index (χ1v) is 4.20.